The summed E-state index contributed by atoms with van der Waals surface area (Å²) in [6.07, 6.45) is 4.35. The van der Waals surface area contributed by atoms with Gasteiger partial charge in [0.05, 0.1) is 0 Å². The summed E-state index contributed by atoms with van der Waals surface area (Å²) in [4.78, 5) is 41.8. The molecule has 0 atom stereocenters. The highest BCUT2D eigenvalue weighted by molar-refractivity contribution is 6.07. The van der Waals surface area contributed by atoms with Crippen molar-refractivity contribution in [1.82, 2.24) is 24.9 Å². The topological polar surface area (TPSA) is 95.8 Å². The van der Waals surface area contributed by atoms with Gasteiger partial charge in [0.15, 0.2) is 0 Å². The number of hydrogen-bond acceptors (Lipinski definition) is 4. The molecule has 2 N–H and O–H groups in total. The molecule has 0 unspecified atom stereocenters. The van der Waals surface area contributed by atoms with Crippen LogP contribution in [0, 0.1) is 0 Å². The number of fused-ring (bicyclic) bond motifs is 1. The Bertz CT molecular complexity index is 786. The second-order valence-corrected chi connectivity index (χ2v) is 5.87. The van der Waals surface area contributed by atoms with Crippen LogP contribution >= 0.6 is 0 Å². The lowest BCUT2D eigenvalue weighted by Gasteiger charge is -2.36. The fourth-order valence-corrected chi connectivity index (χ4v) is 3.17. The van der Waals surface area contributed by atoms with Gasteiger partial charge in [-0.25, -0.2) is 9.78 Å². The minimum absolute atomic E-state index is 0.159. The van der Waals surface area contributed by atoms with Crippen molar-refractivity contribution in [2.45, 2.75) is 18.4 Å². The molecule has 0 saturated carbocycles. The third kappa shape index (κ3) is 2.14. The molecule has 0 bridgehead atoms. The first kappa shape index (κ1) is 13.7. The third-order valence-electron chi connectivity index (χ3n) is 4.50. The van der Waals surface area contributed by atoms with Gasteiger partial charge in [0.25, 0.3) is 11.8 Å². The molecule has 0 aromatic carbocycles. The summed E-state index contributed by atoms with van der Waals surface area (Å²) in [5.74, 6) is -0.462. The van der Waals surface area contributed by atoms with Crippen molar-refractivity contribution >= 4 is 23.5 Å². The molecule has 0 radical (unpaired) electrons. The highest BCUT2D eigenvalue weighted by Gasteiger charge is 2.48. The summed E-state index contributed by atoms with van der Waals surface area (Å²) in [5.41, 5.74) is 0.228. The van der Waals surface area contributed by atoms with E-state index in [0.29, 0.717) is 37.3 Å². The monoisotopic (exact) mass is 313 g/mol. The summed E-state index contributed by atoms with van der Waals surface area (Å²) in [6.45, 7) is 0.806. The second-order valence-electron chi connectivity index (χ2n) is 5.87. The van der Waals surface area contributed by atoms with E-state index >= 15 is 0 Å². The maximum atomic E-state index is 12.6. The quantitative estimate of drug-likeness (QED) is 0.733. The van der Waals surface area contributed by atoms with Gasteiger partial charge in [0.1, 0.15) is 16.9 Å². The van der Waals surface area contributed by atoms with Gasteiger partial charge >= 0.3 is 6.03 Å². The van der Waals surface area contributed by atoms with Crippen molar-refractivity contribution < 1.29 is 14.4 Å². The maximum Gasteiger partial charge on any atom is 0.322 e. The number of nitrogens with zero attached hydrogens (tertiary/aromatic N) is 3. The molecule has 2 aromatic heterocycles. The fraction of sp³-hybridized carbons (Fsp3) is 0.333. The average molecular weight is 313 g/mol. The van der Waals surface area contributed by atoms with Crippen molar-refractivity contribution in [3.8, 4) is 0 Å². The Hall–Kier alpha value is -2.90. The van der Waals surface area contributed by atoms with Crippen molar-refractivity contribution in [2.75, 3.05) is 13.1 Å². The van der Waals surface area contributed by atoms with E-state index in [1.807, 2.05) is 24.4 Å². The lowest BCUT2D eigenvalue weighted by Crippen LogP contribution is -2.55. The number of imidazole rings is 1. The zero-order valence-electron chi connectivity index (χ0n) is 12.3. The Kier molecular flexibility index (Phi) is 2.87. The smallest absolute Gasteiger partial charge is 0.322 e. The molecular formula is C15H15N5O3. The van der Waals surface area contributed by atoms with Crippen LogP contribution in [0.2, 0.25) is 0 Å². The van der Waals surface area contributed by atoms with Crippen molar-refractivity contribution in [3.05, 3.63) is 36.3 Å². The number of amides is 4. The van der Waals surface area contributed by atoms with Crippen LogP contribution in [0.5, 0.6) is 0 Å². The van der Waals surface area contributed by atoms with Crippen molar-refractivity contribution in [3.63, 3.8) is 0 Å². The number of hydrogen-bond donors (Lipinski definition) is 2. The normalized spacial score (nSPS) is 19.9. The van der Waals surface area contributed by atoms with Crippen LogP contribution in [-0.4, -0.2) is 50.8 Å². The highest BCUT2D eigenvalue weighted by Crippen LogP contribution is 2.26. The first-order chi connectivity index (χ1) is 11.1. The van der Waals surface area contributed by atoms with E-state index in [9.17, 15) is 14.4 Å². The molecule has 118 valence electrons. The van der Waals surface area contributed by atoms with Crippen LogP contribution in [0.25, 0.3) is 5.65 Å². The minimum Gasteiger partial charge on any atom is -0.337 e. The Morgan fingerprint density at radius 2 is 2.00 bits per heavy atom. The van der Waals surface area contributed by atoms with Gasteiger partial charge in [-0.05, 0) is 25.0 Å². The van der Waals surface area contributed by atoms with Crippen LogP contribution in [0.4, 0.5) is 4.79 Å². The highest BCUT2D eigenvalue weighted by atomic mass is 16.2. The fourth-order valence-electron chi connectivity index (χ4n) is 3.17. The Morgan fingerprint density at radius 3 is 2.65 bits per heavy atom. The largest absolute Gasteiger partial charge is 0.337 e. The maximum absolute atomic E-state index is 12.6. The summed E-state index contributed by atoms with van der Waals surface area (Å²) in [7, 11) is 0. The van der Waals surface area contributed by atoms with Gasteiger partial charge in [0.2, 0.25) is 0 Å². The van der Waals surface area contributed by atoms with Crippen LogP contribution in [0.1, 0.15) is 23.3 Å². The number of likely N-dealkylation sites (tertiary alicyclic amines) is 1. The summed E-state index contributed by atoms with van der Waals surface area (Å²) in [6, 6.07) is 5.10. The van der Waals surface area contributed by atoms with E-state index in [2.05, 4.69) is 15.6 Å². The Labute approximate surface area is 131 Å². The minimum atomic E-state index is -0.868. The van der Waals surface area contributed by atoms with Gasteiger partial charge in [-0.2, -0.15) is 0 Å². The predicted molar refractivity (Wildman–Crippen MR) is 79.7 cm³/mol. The number of piperidine rings is 1. The zero-order chi connectivity index (χ0) is 16.0. The van der Waals surface area contributed by atoms with E-state index in [0.717, 1.165) is 0 Å². The number of carbonyl (C=O) groups is 3. The number of rotatable bonds is 1. The zero-order valence-corrected chi connectivity index (χ0v) is 12.3. The van der Waals surface area contributed by atoms with Gasteiger partial charge in [0, 0.05) is 25.5 Å². The number of carbonyl (C=O) groups excluding carboxylic acids is 3. The summed E-state index contributed by atoms with van der Waals surface area (Å²) in [5, 5.41) is 4.95. The van der Waals surface area contributed by atoms with Gasteiger partial charge in [-0.1, -0.05) is 6.07 Å². The molecule has 2 saturated heterocycles. The molecule has 4 heterocycles. The van der Waals surface area contributed by atoms with E-state index in [-0.39, 0.29) is 11.8 Å². The van der Waals surface area contributed by atoms with Crippen LogP contribution in [0.3, 0.4) is 0 Å². The lowest BCUT2D eigenvalue weighted by molar-refractivity contribution is -0.125. The first-order valence-corrected chi connectivity index (χ1v) is 7.44. The van der Waals surface area contributed by atoms with E-state index in [1.165, 1.54) is 0 Å². The summed E-state index contributed by atoms with van der Waals surface area (Å²) < 4.78 is 1.79. The molecular weight excluding hydrogens is 298 g/mol. The van der Waals surface area contributed by atoms with Gasteiger partial charge in [-0.3, -0.25) is 14.9 Å². The molecule has 23 heavy (non-hydrogen) atoms. The lowest BCUT2D eigenvalue weighted by atomic mass is 9.87. The molecule has 8 heteroatoms. The SMILES string of the molecule is O=C1NC(=O)C2(CCN(C(=O)c3cn4ccccc4n3)CC2)N1. The number of pyridine rings is 1. The van der Waals surface area contributed by atoms with Crippen LogP contribution in [0.15, 0.2) is 30.6 Å². The van der Waals surface area contributed by atoms with Crippen LogP contribution in [-0.2, 0) is 4.79 Å². The molecule has 2 aromatic rings. The third-order valence-corrected chi connectivity index (χ3v) is 4.50. The van der Waals surface area contributed by atoms with Crippen molar-refractivity contribution in [1.29, 1.82) is 0 Å². The molecule has 4 amide bonds. The molecule has 2 aliphatic rings. The predicted octanol–water partition coefficient (Wildman–Crippen LogP) is 0.148. The Balaban J connectivity index is 1.51. The molecule has 4 rings (SSSR count). The molecule has 2 aliphatic heterocycles. The second kappa shape index (κ2) is 4.80. The van der Waals surface area contributed by atoms with E-state index < -0.39 is 11.6 Å². The van der Waals surface area contributed by atoms with Crippen molar-refractivity contribution in [2.24, 2.45) is 0 Å². The first-order valence-electron chi connectivity index (χ1n) is 7.44. The van der Waals surface area contributed by atoms with Gasteiger partial charge < -0.3 is 14.6 Å². The van der Waals surface area contributed by atoms with E-state index in [4.69, 9.17) is 0 Å². The number of imide groups is 1. The Morgan fingerprint density at radius 1 is 1.22 bits per heavy atom. The molecule has 0 aliphatic carbocycles. The standard InChI is InChI=1S/C15H15N5O3/c21-12(10-9-20-6-2-1-3-11(20)16-10)19-7-4-15(5-8-19)13(22)17-14(23)18-15/h1-3,6,9H,4-5,7-8H2,(H2,17,18,22,23). The molecule has 2 fully saturated rings. The number of urea groups is 1. The number of aromatic nitrogens is 2. The summed E-state index contributed by atoms with van der Waals surface area (Å²) >= 11 is 0. The average Bonchev–Trinajstić information content (AvgIpc) is 3.09. The molecule has 1 spiro atoms. The van der Waals surface area contributed by atoms with E-state index in [1.54, 1.807) is 15.5 Å². The van der Waals surface area contributed by atoms with Gasteiger partial charge in [-0.15, -0.1) is 0 Å². The van der Waals surface area contributed by atoms with Crippen LogP contribution < -0.4 is 10.6 Å². The molecule has 8 nitrogen and oxygen atoms in total. The number of nitrogens with one attached hydrogen (secondary N) is 2.